The average Bonchev–Trinajstić information content (AvgIpc) is 2.48. The van der Waals surface area contributed by atoms with Gasteiger partial charge in [-0.25, -0.2) is 8.42 Å². The Kier molecular flexibility index (Phi) is 5.69. The second-order valence-electron chi connectivity index (χ2n) is 4.89. The van der Waals surface area contributed by atoms with Crippen LogP contribution in [0.3, 0.4) is 0 Å². The summed E-state index contributed by atoms with van der Waals surface area (Å²) in [6.07, 6.45) is 0. The minimum atomic E-state index is -3.82. The second kappa shape index (κ2) is 7.55. The van der Waals surface area contributed by atoms with Crippen molar-refractivity contribution in [3.8, 4) is 5.75 Å². The molecule has 0 unspecified atom stereocenters. The number of rotatable bonds is 6. The normalized spacial score (nSPS) is 11.0. The maximum atomic E-state index is 12.5. The van der Waals surface area contributed by atoms with E-state index in [-0.39, 0.29) is 15.8 Å². The summed E-state index contributed by atoms with van der Waals surface area (Å²) in [4.78, 5) is 11.1. The number of sulfonamides is 1. The quantitative estimate of drug-likeness (QED) is 0.817. The molecule has 8 heteroatoms. The molecule has 0 aliphatic carbocycles. The number of hydrogen-bond acceptors (Lipinski definition) is 4. The number of halogens is 1. The van der Waals surface area contributed by atoms with Crippen molar-refractivity contribution in [2.75, 3.05) is 16.6 Å². The van der Waals surface area contributed by atoms with Gasteiger partial charge in [-0.3, -0.25) is 9.52 Å². The number of ether oxygens (including phenoxy) is 1. The zero-order valence-electron chi connectivity index (χ0n) is 13.2. The third-order valence-electron chi connectivity index (χ3n) is 2.95. The van der Waals surface area contributed by atoms with Crippen molar-refractivity contribution in [1.82, 2.24) is 0 Å². The lowest BCUT2D eigenvalue weighted by atomic mass is 10.3. The minimum Gasteiger partial charge on any atom is -0.492 e. The van der Waals surface area contributed by atoms with Crippen LogP contribution in [-0.2, 0) is 14.8 Å². The molecule has 0 aliphatic heterocycles. The number of anilines is 2. The molecule has 0 aliphatic rings. The Bertz CT molecular complexity index is 853. The third kappa shape index (κ3) is 4.62. The van der Waals surface area contributed by atoms with Gasteiger partial charge >= 0.3 is 0 Å². The van der Waals surface area contributed by atoms with Crippen LogP contribution in [0.1, 0.15) is 13.8 Å². The van der Waals surface area contributed by atoms with Gasteiger partial charge in [-0.05, 0) is 43.3 Å². The molecule has 24 heavy (non-hydrogen) atoms. The first-order valence-corrected chi connectivity index (χ1v) is 9.01. The summed E-state index contributed by atoms with van der Waals surface area (Å²) in [6, 6.07) is 10.6. The predicted octanol–water partition coefficient (Wildman–Crippen LogP) is 3.50. The molecular formula is C16H17ClN2O4S. The highest BCUT2D eigenvalue weighted by Gasteiger charge is 2.16. The van der Waals surface area contributed by atoms with Crippen molar-refractivity contribution in [3.63, 3.8) is 0 Å². The van der Waals surface area contributed by atoms with Gasteiger partial charge < -0.3 is 10.1 Å². The molecule has 0 saturated carbocycles. The first-order chi connectivity index (χ1) is 11.3. The van der Waals surface area contributed by atoms with Crippen molar-refractivity contribution >= 4 is 38.9 Å². The summed E-state index contributed by atoms with van der Waals surface area (Å²) in [7, 11) is -3.82. The lowest BCUT2D eigenvalue weighted by Crippen LogP contribution is -2.13. The molecule has 2 aromatic rings. The predicted molar refractivity (Wildman–Crippen MR) is 94.2 cm³/mol. The molecule has 2 rings (SSSR count). The van der Waals surface area contributed by atoms with Gasteiger partial charge in [0.1, 0.15) is 5.75 Å². The van der Waals surface area contributed by atoms with E-state index in [0.717, 1.165) is 0 Å². The number of nitrogens with one attached hydrogen (secondary N) is 2. The van der Waals surface area contributed by atoms with Crippen LogP contribution in [0.4, 0.5) is 11.4 Å². The van der Waals surface area contributed by atoms with Crippen LogP contribution in [-0.4, -0.2) is 20.9 Å². The van der Waals surface area contributed by atoms with E-state index in [0.29, 0.717) is 23.7 Å². The fourth-order valence-electron chi connectivity index (χ4n) is 2.00. The summed E-state index contributed by atoms with van der Waals surface area (Å²) in [6.45, 7) is 3.61. The van der Waals surface area contributed by atoms with Crippen LogP contribution in [0.2, 0.25) is 5.02 Å². The van der Waals surface area contributed by atoms with Crippen molar-refractivity contribution < 1.29 is 17.9 Å². The molecule has 0 saturated heterocycles. The van der Waals surface area contributed by atoms with Crippen LogP contribution in [0.15, 0.2) is 47.4 Å². The van der Waals surface area contributed by atoms with E-state index in [1.54, 1.807) is 18.2 Å². The monoisotopic (exact) mass is 368 g/mol. The number of carbonyl (C=O) groups is 1. The highest BCUT2D eigenvalue weighted by atomic mass is 35.5. The van der Waals surface area contributed by atoms with Crippen molar-refractivity contribution in [2.45, 2.75) is 18.7 Å². The first kappa shape index (κ1) is 18.1. The topological polar surface area (TPSA) is 84.5 Å². The molecule has 1 amide bonds. The zero-order chi connectivity index (χ0) is 17.7. The van der Waals surface area contributed by atoms with Crippen molar-refractivity contribution in [3.05, 3.63) is 47.5 Å². The van der Waals surface area contributed by atoms with Gasteiger partial charge in [-0.1, -0.05) is 17.7 Å². The van der Waals surface area contributed by atoms with E-state index in [9.17, 15) is 13.2 Å². The largest absolute Gasteiger partial charge is 0.492 e. The molecule has 0 aromatic heterocycles. The van der Waals surface area contributed by atoms with Crippen LogP contribution in [0, 0.1) is 0 Å². The molecule has 0 atom stereocenters. The number of carbonyl (C=O) groups excluding carboxylic acids is 1. The lowest BCUT2D eigenvalue weighted by molar-refractivity contribution is -0.114. The van der Waals surface area contributed by atoms with Gasteiger partial charge in [0.2, 0.25) is 5.91 Å². The summed E-state index contributed by atoms with van der Waals surface area (Å²) in [5.41, 5.74) is 0.818. The Morgan fingerprint density at radius 1 is 1.17 bits per heavy atom. The van der Waals surface area contributed by atoms with E-state index in [2.05, 4.69) is 10.0 Å². The average molecular weight is 369 g/mol. The molecule has 128 valence electrons. The fraction of sp³-hybridized carbons (Fsp3) is 0.188. The van der Waals surface area contributed by atoms with Crippen molar-refractivity contribution in [2.24, 2.45) is 0 Å². The highest BCUT2D eigenvalue weighted by Crippen LogP contribution is 2.28. The van der Waals surface area contributed by atoms with Gasteiger partial charge in [0.05, 0.1) is 22.2 Å². The smallest absolute Gasteiger partial charge is 0.261 e. The van der Waals surface area contributed by atoms with Crippen molar-refractivity contribution in [1.29, 1.82) is 0 Å². The molecule has 0 fully saturated rings. The van der Waals surface area contributed by atoms with Gasteiger partial charge in [0, 0.05) is 12.6 Å². The summed E-state index contributed by atoms with van der Waals surface area (Å²) in [5, 5.41) is 2.80. The van der Waals surface area contributed by atoms with E-state index in [1.165, 1.54) is 31.2 Å². The summed E-state index contributed by atoms with van der Waals surface area (Å²) < 4.78 is 32.7. The van der Waals surface area contributed by atoms with E-state index in [1.807, 2.05) is 6.92 Å². The van der Waals surface area contributed by atoms with Crippen LogP contribution >= 0.6 is 11.6 Å². The Morgan fingerprint density at radius 2 is 1.88 bits per heavy atom. The number of hydrogen-bond donors (Lipinski definition) is 2. The standard InChI is InChI=1S/C16H17ClN2O4S/c1-3-23-16-8-7-14(10-15(16)17)24(21,22)19-13-6-4-5-12(9-13)18-11(2)20/h4-10,19H,3H2,1-2H3,(H,18,20). The van der Waals surface area contributed by atoms with E-state index < -0.39 is 10.0 Å². The van der Waals surface area contributed by atoms with Crippen LogP contribution in [0.5, 0.6) is 5.75 Å². The lowest BCUT2D eigenvalue weighted by Gasteiger charge is -2.11. The molecule has 2 aromatic carbocycles. The maximum absolute atomic E-state index is 12.5. The zero-order valence-corrected chi connectivity index (χ0v) is 14.7. The molecule has 6 nitrogen and oxygen atoms in total. The molecule has 0 radical (unpaired) electrons. The van der Waals surface area contributed by atoms with Gasteiger partial charge in [-0.15, -0.1) is 0 Å². The molecule has 0 spiro atoms. The van der Waals surface area contributed by atoms with Crippen LogP contribution < -0.4 is 14.8 Å². The third-order valence-corrected chi connectivity index (χ3v) is 4.62. The summed E-state index contributed by atoms with van der Waals surface area (Å²) >= 11 is 6.04. The van der Waals surface area contributed by atoms with E-state index >= 15 is 0 Å². The van der Waals surface area contributed by atoms with E-state index in [4.69, 9.17) is 16.3 Å². The molecule has 0 bridgehead atoms. The van der Waals surface area contributed by atoms with Gasteiger partial charge in [-0.2, -0.15) is 0 Å². The second-order valence-corrected chi connectivity index (χ2v) is 6.98. The van der Waals surface area contributed by atoms with Gasteiger partial charge in [0.15, 0.2) is 0 Å². The summed E-state index contributed by atoms with van der Waals surface area (Å²) in [5.74, 6) is 0.180. The van der Waals surface area contributed by atoms with Gasteiger partial charge in [0.25, 0.3) is 10.0 Å². The fourth-order valence-corrected chi connectivity index (χ4v) is 3.37. The molecule has 2 N–H and O–H groups in total. The first-order valence-electron chi connectivity index (χ1n) is 7.14. The molecular weight excluding hydrogens is 352 g/mol. The maximum Gasteiger partial charge on any atom is 0.261 e. The SMILES string of the molecule is CCOc1ccc(S(=O)(=O)Nc2cccc(NC(C)=O)c2)cc1Cl. The Balaban J connectivity index is 2.25. The number of benzene rings is 2. The Hall–Kier alpha value is -2.25. The Morgan fingerprint density at radius 3 is 2.50 bits per heavy atom. The molecule has 0 heterocycles. The Labute approximate surface area is 145 Å². The number of amides is 1. The minimum absolute atomic E-state index is 0.0147. The highest BCUT2D eigenvalue weighted by molar-refractivity contribution is 7.92. The van der Waals surface area contributed by atoms with Crippen LogP contribution in [0.25, 0.3) is 0 Å².